The van der Waals surface area contributed by atoms with E-state index in [-0.39, 0.29) is 6.61 Å². The molecule has 2 rings (SSSR count). The molecular formula is C12H17N3O3. The molecule has 1 atom stereocenters. The van der Waals surface area contributed by atoms with Crippen LogP contribution < -0.4 is 4.90 Å². The molecule has 0 bridgehead atoms. The van der Waals surface area contributed by atoms with E-state index in [1.54, 1.807) is 6.92 Å². The Bertz CT molecular complexity index is 408. The fraction of sp³-hybridized carbons (Fsp3) is 0.583. The quantitative estimate of drug-likeness (QED) is 0.784. The first kappa shape index (κ1) is 12.8. The lowest BCUT2D eigenvalue weighted by Gasteiger charge is -2.15. The van der Waals surface area contributed by atoms with Crippen molar-refractivity contribution in [3.05, 3.63) is 18.0 Å². The molecule has 1 aliphatic heterocycles. The van der Waals surface area contributed by atoms with Gasteiger partial charge in [-0.1, -0.05) is 0 Å². The summed E-state index contributed by atoms with van der Waals surface area (Å²) in [4.78, 5) is 21.8. The lowest BCUT2D eigenvalue weighted by Crippen LogP contribution is -2.23. The lowest BCUT2D eigenvalue weighted by atomic mass is 10.1. The summed E-state index contributed by atoms with van der Waals surface area (Å²) in [5.41, 5.74) is 0.360. The molecule has 2 heterocycles. The number of rotatable bonds is 4. The zero-order valence-electron chi connectivity index (χ0n) is 10.4. The van der Waals surface area contributed by atoms with Gasteiger partial charge in [0.1, 0.15) is 0 Å². The summed E-state index contributed by atoms with van der Waals surface area (Å²) in [5, 5.41) is 9.08. The van der Waals surface area contributed by atoms with Gasteiger partial charge in [0.2, 0.25) is 5.95 Å². The van der Waals surface area contributed by atoms with Crippen molar-refractivity contribution in [2.45, 2.75) is 13.3 Å². The Hall–Kier alpha value is -1.69. The smallest absolute Gasteiger partial charge is 0.341 e. The number of hydrogen-bond acceptors (Lipinski definition) is 6. The number of carbonyl (C=O) groups excluding carboxylic acids is 1. The Labute approximate surface area is 106 Å². The van der Waals surface area contributed by atoms with Crippen molar-refractivity contribution in [2.75, 3.05) is 31.2 Å². The topological polar surface area (TPSA) is 75.5 Å². The summed E-state index contributed by atoms with van der Waals surface area (Å²) in [6.45, 7) is 3.88. The molecule has 98 valence electrons. The van der Waals surface area contributed by atoms with E-state index < -0.39 is 5.97 Å². The molecule has 1 aliphatic rings. The third-order valence-corrected chi connectivity index (χ3v) is 2.98. The highest BCUT2D eigenvalue weighted by molar-refractivity contribution is 5.88. The van der Waals surface area contributed by atoms with Gasteiger partial charge in [0, 0.05) is 38.0 Å². The summed E-state index contributed by atoms with van der Waals surface area (Å²) in [7, 11) is 0. The average Bonchev–Trinajstić information content (AvgIpc) is 2.88. The number of nitrogens with zero attached hydrogens (tertiary/aromatic N) is 3. The Morgan fingerprint density at radius 1 is 1.56 bits per heavy atom. The molecule has 1 saturated heterocycles. The van der Waals surface area contributed by atoms with Crippen LogP contribution in [0.5, 0.6) is 0 Å². The molecular weight excluding hydrogens is 234 g/mol. The van der Waals surface area contributed by atoms with Crippen LogP contribution in [0.2, 0.25) is 0 Å². The molecule has 0 spiro atoms. The van der Waals surface area contributed by atoms with Crippen LogP contribution in [0.25, 0.3) is 0 Å². The molecule has 0 aliphatic carbocycles. The van der Waals surface area contributed by atoms with Crippen LogP contribution in [-0.4, -0.2) is 47.3 Å². The summed E-state index contributed by atoms with van der Waals surface area (Å²) >= 11 is 0. The van der Waals surface area contributed by atoms with Gasteiger partial charge in [-0.25, -0.2) is 14.8 Å². The van der Waals surface area contributed by atoms with Crippen molar-refractivity contribution in [1.29, 1.82) is 0 Å². The van der Waals surface area contributed by atoms with Crippen molar-refractivity contribution in [3.63, 3.8) is 0 Å². The monoisotopic (exact) mass is 251 g/mol. The van der Waals surface area contributed by atoms with Gasteiger partial charge >= 0.3 is 5.97 Å². The maximum atomic E-state index is 11.4. The van der Waals surface area contributed by atoms with Gasteiger partial charge in [0.05, 0.1) is 12.2 Å². The number of hydrogen-bond donors (Lipinski definition) is 1. The predicted octanol–water partition coefficient (Wildman–Crippen LogP) is 0.472. The maximum Gasteiger partial charge on any atom is 0.341 e. The third kappa shape index (κ3) is 2.76. The van der Waals surface area contributed by atoms with E-state index in [0.717, 1.165) is 19.5 Å². The molecule has 18 heavy (non-hydrogen) atoms. The first-order valence-electron chi connectivity index (χ1n) is 6.09. The zero-order valence-corrected chi connectivity index (χ0v) is 10.4. The van der Waals surface area contributed by atoms with E-state index in [1.165, 1.54) is 12.4 Å². The average molecular weight is 251 g/mol. The van der Waals surface area contributed by atoms with Crippen LogP contribution in [0.15, 0.2) is 12.4 Å². The summed E-state index contributed by atoms with van der Waals surface area (Å²) in [6.07, 6.45) is 3.90. The SMILES string of the molecule is CCOC(=O)c1cnc(N2CC[C@@H](CO)C2)nc1. The van der Waals surface area contributed by atoms with Gasteiger partial charge in [0.25, 0.3) is 0 Å². The second kappa shape index (κ2) is 5.77. The van der Waals surface area contributed by atoms with Crippen LogP contribution in [0.4, 0.5) is 5.95 Å². The van der Waals surface area contributed by atoms with Gasteiger partial charge in [-0.3, -0.25) is 0 Å². The number of aromatic nitrogens is 2. The molecule has 1 N–H and O–H groups in total. The van der Waals surface area contributed by atoms with Crippen LogP contribution in [0.1, 0.15) is 23.7 Å². The van der Waals surface area contributed by atoms with Crippen molar-refractivity contribution in [3.8, 4) is 0 Å². The van der Waals surface area contributed by atoms with E-state index in [4.69, 9.17) is 9.84 Å². The highest BCUT2D eigenvalue weighted by Gasteiger charge is 2.23. The van der Waals surface area contributed by atoms with Gasteiger partial charge in [-0.2, -0.15) is 0 Å². The van der Waals surface area contributed by atoms with Gasteiger partial charge in [0.15, 0.2) is 0 Å². The van der Waals surface area contributed by atoms with Crippen LogP contribution in [-0.2, 0) is 4.74 Å². The molecule has 1 aromatic rings. The highest BCUT2D eigenvalue weighted by Crippen LogP contribution is 2.19. The van der Waals surface area contributed by atoms with E-state index >= 15 is 0 Å². The summed E-state index contributed by atoms with van der Waals surface area (Å²) in [6, 6.07) is 0. The molecule has 0 amide bonds. The minimum atomic E-state index is -0.404. The van der Waals surface area contributed by atoms with Crippen LogP contribution in [0, 0.1) is 5.92 Å². The van der Waals surface area contributed by atoms with E-state index in [9.17, 15) is 4.79 Å². The van der Waals surface area contributed by atoms with E-state index in [0.29, 0.717) is 24.0 Å². The Morgan fingerprint density at radius 2 is 2.28 bits per heavy atom. The second-order valence-electron chi connectivity index (χ2n) is 4.28. The molecule has 0 saturated carbocycles. The maximum absolute atomic E-state index is 11.4. The highest BCUT2D eigenvalue weighted by atomic mass is 16.5. The molecule has 1 aromatic heterocycles. The van der Waals surface area contributed by atoms with Crippen molar-refractivity contribution >= 4 is 11.9 Å². The number of esters is 1. The predicted molar refractivity (Wildman–Crippen MR) is 65.4 cm³/mol. The number of ether oxygens (including phenoxy) is 1. The summed E-state index contributed by atoms with van der Waals surface area (Å²) in [5.74, 6) is 0.482. The fourth-order valence-electron chi connectivity index (χ4n) is 1.97. The Morgan fingerprint density at radius 3 is 2.83 bits per heavy atom. The standard InChI is InChI=1S/C12H17N3O3/c1-2-18-11(17)10-5-13-12(14-6-10)15-4-3-9(7-15)8-16/h5-6,9,16H,2-4,7-8H2,1H3/t9-/m1/s1. The van der Waals surface area contributed by atoms with Crippen LogP contribution >= 0.6 is 0 Å². The minimum absolute atomic E-state index is 0.192. The van der Waals surface area contributed by atoms with Gasteiger partial charge < -0.3 is 14.7 Å². The fourth-order valence-corrected chi connectivity index (χ4v) is 1.97. The Kier molecular flexibility index (Phi) is 4.09. The number of anilines is 1. The number of carbonyl (C=O) groups is 1. The molecule has 6 heteroatoms. The normalized spacial score (nSPS) is 19.0. The molecule has 0 unspecified atom stereocenters. The molecule has 1 fully saturated rings. The van der Waals surface area contributed by atoms with Crippen molar-refractivity contribution in [2.24, 2.45) is 5.92 Å². The third-order valence-electron chi connectivity index (χ3n) is 2.98. The molecule has 6 nitrogen and oxygen atoms in total. The van der Waals surface area contributed by atoms with E-state index in [1.807, 2.05) is 4.90 Å². The molecule has 0 radical (unpaired) electrons. The van der Waals surface area contributed by atoms with Crippen molar-refractivity contribution < 1.29 is 14.6 Å². The van der Waals surface area contributed by atoms with Gasteiger partial charge in [-0.15, -0.1) is 0 Å². The second-order valence-corrected chi connectivity index (χ2v) is 4.28. The molecule has 0 aromatic carbocycles. The number of aliphatic hydroxyl groups is 1. The van der Waals surface area contributed by atoms with Crippen molar-refractivity contribution in [1.82, 2.24) is 9.97 Å². The largest absolute Gasteiger partial charge is 0.462 e. The number of aliphatic hydroxyl groups excluding tert-OH is 1. The Balaban J connectivity index is 2.02. The minimum Gasteiger partial charge on any atom is -0.462 e. The first-order valence-corrected chi connectivity index (χ1v) is 6.09. The van der Waals surface area contributed by atoms with E-state index in [2.05, 4.69) is 9.97 Å². The first-order chi connectivity index (χ1) is 8.74. The lowest BCUT2D eigenvalue weighted by molar-refractivity contribution is 0.0525. The summed E-state index contributed by atoms with van der Waals surface area (Å²) < 4.78 is 4.86. The van der Waals surface area contributed by atoms with Gasteiger partial charge in [-0.05, 0) is 13.3 Å². The van der Waals surface area contributed by atoms with Crippen LogP contribution in [0.3, 0.4) is 0 Å². The zero-order chi connectivity index (χ0) is 13.0.